The Kier molecular flexibility index (Phi) is 7.36. The van der Waals surface area contributed by atoms with Gasteiger partial charge in [0.2, 0.25) is 0 Å². The van der Waals surface area contributed by atoms with E-state index in [4.69, 9.17) is 11.2 Å². The maximum atomic E-state index is 9.75. The number of rotatable bonds is 7. The number of aliphatic hydroxyl groups is 1. The molecule has 21 heavy (non-hydrogen) atoms. The molecule has 1 N–H and O–H groups in total. The van der Waals surface area contributed by atoms with Gasteiger partial charge in [0.1, 0.15) is 18.5 Å². The second-order valence-electron chi connectivity index (χ2n) is 5.29. The summed E-state index contributed by atoms with van der Waals surface area (Å²) in [6.07, 6.45) is 10.7. The normalized spacial score (nSPS) is 12.4. The van der Waals surface area contributed by atoms with E-state index in [1.807, 2.05) is 18.2 Å². The highest BCUT2D eigenvalue weighted by Gasteiger charge is 2.09. The van der Waals surface area contributed by atoms with Crippen molar-refractivity contribution in [2.45, 2.75) is 39.7 Å². The Morgan fingerprint density at radius 3 is 2.67 bits per heavy atom. The van der Waals surface area contributed by atoms with Crippen molar-refractivity contribution in [1.29, 1.82) is 0 Å². The first-order valence-corrected chi connectivity index (χ1v) is 7.19. The van der Waals surface area contributed by atoms with Crippen LogP contribution in [0.4, 0.5) is 0 Å². The summed E-state index contributed by atoms with van der Waals surface area (Å²) in [5.41, 5.74) is 3.27. The van der Waals surface area contributed by atoms with Gasteiger partial charge in [-0.3, -0.25) is 0 Å². The van der Waals surface area contributed by atoms with Gasteiger partial charge in [-0.15, -0.1) is 6.42 Å². The highest BCUT2D eigenvalue weighted by atomic mass is 16.5. The lowest BCUT2D eigenvalue weighted by Crippen LogP contribution is -2.01. The summed E-state index contributed by atoms with van der Waals surface area (Å²) in [6, 6.07) is 7.31. The van der Waals surface area contributed by atoms with Crippen LogP contribution in [0, 0.1) is 12.3 Å². The predicted molar refractivity (Wildman–Crippen MR) is 88.2 cm³/mol. The molecular formula is C19H24O2. The topological polar surface area (TPSA) is 29.5 Å². The molecule has 0 saturated heterocycles. The molecule has 0 aliphatic heterocycles. The third kappa shape index (κ3) is 6.33. The molecule has 0 aliphatic rings. The van der Waals surface area contributed by atoms with Crippen molar-refractivity contribution in [3.63, 3.8) is 0 Å². The fraction of sp³-hybridized carbons (Fsp3) is 0.368. The van der Waals surface area contributed by atoms with Crippen LogP contribution in [0.3, 0.4) is 0 Å². The van der Waals surface area contributed by atoms with Crippen molar-refractivity contribution in [1.82, 2.24) is 0 Å². The van der Waals surface area contributed by atoms with Crippen LogP contribution in [-0.2, 0) is 0 Å². The van der Waals surface area contributed by atoms with Crippen LogP contribution in [-0.4, -0.2) is 11.7 Å². The first-order chi connectivity index (χ1) is 10.0. The van der Waals surface area contributed by atoms with Gasteiger partial charge in [-0.2, -0.15) is 0 Å². The first-order valence-electron chi connectivity index (χ1n) is 7.19. The van der Waals surface area contributed by atoms with Gasteiger partial charge in [-0.1, -0.05) is 41.3 Å². The van der Waals surface area contributed by atoms with Gasteiger partial charge in [-0.05, 0) is 45.8 Å². The molecule has 0 amide bonds. The summed E-state index contributed by atoms with van der Waals surface area (Å²) >= 11 is 0. The van der Waals surface area contributed by atoms with Gasteiger partial charge in [-0.25, -0.2) is 0 Å². The zero-order valence-electron chi connectivity index (χ0n) is 13.1. The van der Waals surface area contributed by atoms with Crippen molar-refractivity contribution in [2.75, 3.05) is 6.61 Å². The number of hydrogen-bond acceptors (Lipinski definition) is 2. The van der Waals surface area contributed by atoms with Crippen LogP contribution in [0.15, 0.2) is 47.6 Å². The molecule has 2 heteroatoms. The fourth-order valence-corrected chi connectivity index (χ4v) is 1.89. The molecule has 0 radical (unpaired) electrons. The molecule has 0 bridgehead atoms. The largest absolute Gasteiger partial charge is 0.489 e. The van der Waals surface area contributed by atoms with E-state index < -0.39 is 6.10 Å². The number of allylic oxidation sites excluding steroid dienone is 3. The SMILES string of the molecule is C#CC(O)c1ccccc1OC/C=C(\C)CCC=C(C)C. The highest BCUT2D eigenvalue weighted by Crippen LogP contribution is 2.24. The number of benzene rings is 1. The van der Waals surface area contributed by atoms with Crippen LogP contribution in [0.1, 0.15) is 45.3 Å². The van der Waals surface area contributed by atoms with Crippen molar-refractivity contribution < 1.29 is 9.84 Å². The molecule has 1 atom stereocenters. The molecule has 1 rings (SSSR count). The quantitative estimate of drug-likeness (QED) is 0.593. The van der Waals surface area contributed by atoms with E-state index in [0.29, 0.717) is 17.9 Å². The lowest BCUT2D eigenvalue weighted by Gasteiger charge is -2.11. The number of ether oxygens (including phenoxy) is 1. The van der Waals surface area contributed by atoms with E-state index in [9.17, 15) is 5.11 Å². The van der Waals surface area contributed by atoms with Gasteiger partial charge in [0.25, 0.3) is 0 Å². The molecule has 0 fully saturated rings. The lowest BCUT2D eigenvalue weighted by molar-refractivity contribution is 0.230. The van der Waals surface area contributed by atoms with Crippen LogP contribution in [0.2, 0.25) is 0 Å². The minimum Gasteiger partial charge on any atom is -0.489 e. The number of para-hydroxylation sites is 1. The summed E-state index contributed by atoms with van der Waals surface area (Å²) in [5, 5.41) is 9.75. The van der Waals surface area contributed by atoms with E-state index in [1.165, 1.54) is 11.1 Å². The first kappa shape index (κ1) is 17.1. The number of aliphatic hydroxyl groups excluding tert-OH is 1. The van der Waals surface area contributed by atoms with Crippen LogP contribution >= 0.6 is 0 Å². The number of terminal acetylenes is 1. The molecule has 0 aromatic heterocycles. The standard InChI is InChI=1S/C19H24O2/c1-5-18(20)17-11-6-7-12-19(17)21-14-13-16(4)10-8-9-15(2)3/h1,6-7,9,11-13,18,20H,8,10,14H2,2-4H3/b16-13+. The summed E-state index contributed by atoms with van der Waals surface area (Å²) in [7, 11) is 0. The Labute approximate surface area is 128 Å². The Morgan fingerprint density at radius 1 is 1.29 bits per heavy atom. The van der Waals surface area contributed by atoms with Crippen molar-refractivity contribution in [3.8, 4) is 18.1 Å². The van der Waals surface area contributed by atoms with Crippen molar-refractivity contribution in [3.05, 3.63) is 53.1 Å². The predicted octanol–water partition coefficient (Wildman–Crippen LogP) is 4.42. The fourth-order valence-electron chi connectivity index (χ4n) is 1.89. The molecule has 1 unspecified atom stereocenters. The average Bonchev–Trinajstić information content (AvgIpc) is 2.46. The van der Waals surface area contributed by atoms with Gasteiger partial charge in [0.05, 0.1) is 0 Å². The van der Waals surface area contributed by atoms with Gasteiger partial charge >= 0.3 is 0 Å². The van der Waals surface area contributed by atoms with E-state index >= 15 is 0 Å². The molecule has 1 aromatic rings. The monoisotopic (exact) mass is 284 g/mol. The maximum Gasteiger partial charge on any atom is 0.143 e. The lowest BCUT2D eigenvalue weighted by atomic mass is 10.1. The van der Waals surface area contributed by atoms with E-state index in [1.54, 1.807) is 6.07 Å². The van der Waals surface area contributed by atoms with Crippen molar-refractivity contribution >= 4 is 0 Å². The molecule has 1 aromatic carbocycles. The second kappa shape index (κ2) is 9.05. The van der Waals surface area contributed by atoms with Gasteiger partial charge in [0.15, 0.2) is 0 Å². The third-order valence-corrected chi connectivity index (χ3v) is 3.13. The van der Waals surface area contributed by atoms with Gasteiger partial charge < -0.3 is 9.84 Å². The zero-order valence-corrected chi connectivity index (χ0v) is 13.1. The minimum absolute atomic E-state index is 0.481. The summed E-state index contributed by atoms with van der Waals surface area (Å²) in [5.74, 6) is 2.95. The van der Waals surface area contributed by atoms with Crippen LogP contribution < -0.4 is 4.74 Å². The molecular weight excluding hydrogens is 260 g/mol. The maximum absolute atomic E-state index is 9.75. The highest BCUT2D eigenvalue weighted by molar-refractivity contribution is 5.38. The van der Waals surface area contributed by atoms with Crippen LogP contribution in [0.25, 0.3) is 0 Å². The van der Waals surface area contributed by atoms with Crippen LogP contribution in [0.5, 0.6) is 5.75 Å². The molecule has 0 heterocycles. The average molecular weight is 284 g/mol. The zero-order chi connectivity index (χ0) is 15.7. The summed E-state index contributed by atoms with van der Waals surface area (Å²) in [6.45, 7) is 6.80. The molecule has 112 valence electrons. The minimum atomic E-state index is -0.927. The Bertz CT molecular complexity index is 543. The Balaban J connectivity index is 2.56. The summed E-state index contributed by atoms with van der Waals surface area (Å²) in [4.78, 5) is 0. The second-order valence-corrected chi connectivity index (χ2v) is 5.29. The smallest absolute Gasteiger partial charge is 0.143 e. The Hall–Kier alpha value is -1.98. The van der Waals surface area contributed by atoms with E-state index in [0.717, 1.165) is 12.8 Å². The van der Waals surface area contributed by atoms with E-state index in [-0.39, 0.29) is 0 Å². The van der Waals surface area contributed by atoms with Crippen molar-refractivity contribution in [2.24, 2.45) is 0 Å². The number of hydrogen-bond donors (Lipinski definition) is 1. The molecule has 0 aliphatic carbocycles. The van der Waals surface area contributed by atoms with Gasteiger partial charge in [0, 0.05) is 5.56 Å². The molecule has 0 spiro atoms. The third-order valence-electron chi connectivity index (χ3n) is 3.13. The summed E-state index contributed by atoms with van der Waals surface area (Å²) < 4.78 is 5.71. The molecule has 2 nitrogen and oxygen atoms in total. The molecule has 0 saturated carbocycles. The van der Waals surface area contributed by atoms with E-state index in [2.05, 4.69) is 38.8 Å². The Morgan fingerprint density at radius 2 is 2.00 bits per heavy atom.